The maximum Gasteiger partial charge on any atom is 0.433 e. The number of halogens is 5. The smallest absolute Gasteiger partial charge is 0.433 e. The van der Waals surface area contributed by atoms with Crippen LogP contribution >= 0.6 is 11.6 Å². The van der Waals surface area contributed by atoms with Crippen LogP contribution in [0.5, 0.6) is 0 Å². The minimum atomic E-state index is -4.82. The van der Waals surface area contributed by atoms with Crippen molar-refractivity contribution < 1.29 is 36.4 Å². The van der Waals surface area contributed by atoms with Gasteiger partial charge in [0.25, 0.3) is 5.89 Å². The lowest BCUT2D eigenvalue weighted by Crippen LogP contribution is -2.52. The Labute approximate surface area is 237 Å². The first-order valence-corrected chi connectivity index (χ1v) is 13.2. The Morgan fingerprint density at radius 3 is 2.34 bits per heavy atom. The molecule has 10 nitrogen and oxygen atoms in total. The number of aromatic nitrogens is 4. The molecule has 2 amide bonds. The van der Waals surface area contributed by atoms with Gasteiger partial charge in [-0.1, -0.05) is 16.8 Å². The van der Waals surface area contributed by atoms with Crippen molar-refractivity contribution in [1.29, 1.82) is 0 Å². The highest BCUT2D eigenvalue weighted by atomic mass is 35.5. The highest BCUT2D eigenvalue weighted by Gasteiger charge is 2.51. The number of carbonyl (C=O) groups is 2. The molecule has 0 unspecified atom stereocenters. The number of rotatable bonds is 5. The van der Waals surface area contributed by atoms with E-state index in [9.17, 15) is 27.2 Å². The number of benzene rings is 1. The van der Waals surface area contributed by atoms with E-state index in [2.05, 4.69) is 15.2 Å². The van der Waals surface area contributed by atoms with Gasteiger partial charge in [-0.15, -0.1) is 0 Å². The molecule has 1 aromatic carbocycles. The van der Waals surface area contributed by atoms with Crippen molar-refractivity contribution in [1.82, 2.24) is 29.7 Å². The Hall–Kier alpha value is -3.68. The molecule has 0 N–H and O–H groups in total. The van der Waals surface area contributed by atoms with Crippen LogP contribution in [0, 0.1) is 5.82 Å². The number of alkyl halides is 3. The van der Waals surface area contributed by atoms with E-state index in [-0.39, 0.29) is 43.6 Å². The SMILES string of the molecule is CC(C)(C)OC(=O)N1CCN(C(=O)Cn2nc(-c3nc(C4(c5cc(F)ccc5Cl)CC4)no3)cc2C(F)(F)F)CC1. The van der Waals surface area contributed by atoms with Crippen molar-refractivity contribution in [2.45, 2.75) is 57.3 Å². The highest BCUT2D eigenvalue weighted by Crippen LogP contribution is 2.54. The van der Waals surface area contributed by atoms with Gasteiger partial charge in [-0.05, 0) is 57.4 Å². The van der Waals surface area contributed by atoms with E-state index >= 15 is 0 Å². The number of nitrogens with zero attached hydrogens (tertiary/aromatic N) is 6. The van der Waals surface area contributed by atoms with Gasteiger partial charge in [0.2, 0.25) is 5.91 Å². The van der Waals surface area contributed by atoms with E-state index in [1.165, 1.54) is 28.0 Å². The minimum absolute atomic E-state index is 0.130. The van der Waals surface area contributed by atoms with E-state index in [0.717, 1.165) is 6.07 Å². The Bertz CT molecular complexity index is 1470. The van der Waals surface area contributed by atoms with Gasteiger partial charge in [0.05, 0.1) is 5.41 Å². The van der Waals surface area contributed by atoms with Gasteiger partial charge < -0.3 is 19.1 Å². The van der Waals surface area contributed by atoms with Crippen LogP contribution in [-0.2, 0) is 27.7 Å². The zero-order valence-corrected chi connectivity index (χ0v) is 23.2. The molecule has 1 aliphatic heterocycles. The van der Waals surface area contributed by atoms with Gasteiger partial charge in [-0.25, -0.2) is 9.18 Å². The monoisotopic (exact) mass is 598 g/mol. The molecule has 1 saturated heterocycles. The third-order valence-corrected chi connectivity index (χ3v) is 7.24. The predicted molar refractivity (Wildman–Crippen MR) is 136 cm³/mol. The summed E-state index contributed by atoms with van der Waals surface area (Å²) < 4.78 is 66.7. The average Bonchev–Trinajstić information content (AvgIpc) is 3.32. The lowest BCUT2D eigenvalue weighted by atomic mass is 9.95. The second kappa shape index (κ2) is 10.3. The van der Waals surface area contributed by atoms with Gasteiger partial charge in [0.1, 0.15) is 23.7 Å². The summed E-state index contributed by atoms with van der Waals surface area (Å²) in [6.07, 6.45) is -4.25. The quantitative estimate of drug-likeness (QED) is 0.384. The van der Waals surface area contributed by atoms with Crippen molar-refractivity contribution >= 4 is 23.6 Å². The molecule has 2 aliphatic rings. The Morgan fingerprint density at radius 2 is 1.73 bits per heavy atom. The van der Waals surface area contributed by atoms with Crippen molar-refractivity contribution in [2.24, 2.45) is 0 Å². The molecule has 0 spiro atoms. The normalized spacial score (nSPS) is 17.1. The molecular formula is C26H27ClF4N6O4. The third-order valence-electron chi connectivity index (χ3n) is 6.91. The number of piperazine rings is 1. The third kappa shape index (κ3) is 6.02. The maximum absolute atomic E-state index is 13.9. The molecule has 1 saturated carbocycles. The van der Waals surface area contributed by atoms with Crippen molar-refractivity contribution in [3.05, 3.63) is 52.2 Å². The number of hydrogen-bond donors (Lipinski definition) is 0. The summed E-state index contributed by atoms with van der Waals surface area (Å²) in [5, 5.41) is 8.21. The first kappa shape index (κ1) is 28.8. The second-order valence-corrected chi connectivity index (χ2v) is 11.5. The molecule has 3 aromatic rings. The molecule has 0 atom stereocenters. The molecule has 41 heavy (non-hydrogen) atoms. The standard InChI is InChI=1S/C26H27ClF4N6O4/c1-24(2,3)40-23(39)36-10-8-35(9-11-36)20(38)14-37-19(26(29,30)31)13-18(33-37)21-32-22(34-41-21)25(6-7-25)16-12-15(28)4-5-17(16)27/h4-5,12-13H,6-11,14H2,1-3H3. The summed E-state index contributed by atoms with van der Waals surface area (Å²) in [7, 11) is 0. The molecule has 15 heteroatoms. The molecule has 220 valence electrons. The molecule has 2 aromatic heterocycles. The van der Waals surface area contributed by atoms with Crippen LogP contribution in [-0.4, -0.2) is 73.5 Å². The van der Waals surface area contributed by atoms with Gasteiger partial charge in [-0.3, -0.25) is 9.48 Å². The van der Waals surface area contributed by atoms with Gasteiger partial charge in [0, 0.05) is 37.3 Å². The summed E-state index contributed by atoms with van der Waals surface area (Å²) in [5.41, 5.74) is -2.46. The van der Waals surface area contributed by atoms with Gasteiger partial charge in [-0.2, -0.15) is 23.3 Å². The average molecular weight is 599 g/mol. The van der Waals surface area contributed by atoms with E-state index in [4.69, 9.17) is 20.9 Å². The van der Waals surface area contributed by atoms with Crippen molar-refractivity contribution in [3.63, 3.8) is 0 Å². The summed E-state index contributed by atoms with van der Waals surface area (Å²) in [6, 6.07) is 4.65. The largest absolute Gasteiger partial charge is 0.444 e. The lowest BCUT2D eigenvalue weighted by molar-refractivity contribution is -0.146. The Balaban J connectivity index is 1.32. The fourth-order valence-corrected chi connectivity index (χ4v) is 4.99. The lowest BCUT2D eigenvalue weighted by Gasteiger charge is -2.35. The summed E-state index contributed by atoms with van der Waals surface area (Å²) in [6.45, 7) is 5.14. The fourth-order valence-electron chi connectivity index (χ4n) is 4.69. The molecule has 3 heterocycles. The van der Waals surface area contributed by atoms with Gasteiger partial charge >= 0.3 is 12.3 Å². The van der Waals surface area contributed by atoms with Crippen LogP contribution in [0.15, 0.2) is 28.8 Å². The zero-order valence-electron chi connectivity index (χ0n) is 22.5. The van der Waals surface area contributed by atoms with Crippen molar-refractivity contribution in [2.75, 3.05) is 26.2 Å². The zero-order chi connectivity index (χ0) is 29.7. The topological polar surface area (TPSA) is 107 Å². The molecule has 0 bridgehead atoms. The van der Waals surface area contributed by atoms with Crippen molar-refractivity contribution in [3.8, 4) is 11.6 Å². The second-order valence-electron chi connectivity index (χ2n) is 11.0. The van der Waals surface area contributed by atoms with E-state index < -0.39 is 47.2 Å². The molecule has 5 rings (SSSR count). The van der Waals surface area contributed by atoms with Crippen LogP contribution in [0.25, 0.3) is 11.6 Å². The van der Waals surface area contributed by atoms with Crippen LogP contribution in [0.4, 0.5) is 22.4 Å². The number of carbonyl (C=O) groups excluding carboxylic acids is 2. The fraction of sp³-hybridized carbons (Fsp3) is 0.500. The summed E-state index contributed by atoms with van der Waals surface area (Å²) >= 11 is 6.28. The summed E-state index contributed by atoms with van der Waals surface area (Å²) in [5.74, 6) is -1.22. The number of hydrogen-bond acceptors (Lipinski definition) is 7. The van der Waals surface area contributed by atoms with E-state index in [1.807, 2.05) is 0 Å². The number of amides is 2. The highest BCUT2D eigenvalue weighted by molar-refractivity contribution is 6.31. The molecule has 2 fully saturated rings. The van der Waals surface area contributed by atoms with E-state index in [1.54, 1.807) is 20.8 Å². The minimum Gasteiger partial charge on any atom is -0.444 e. The molecule has 0 radical (unpaired) electrons. The maximum atomic E-state index is 13.9. The number of ether oxygens (including phenoxy) is 1. The van der Waals surface area contributed by atoms with Crippen LogP contribution in [0.1, 0.15) is 50.7 Å². The van der Waals surface area contributed by atoms with E-state index in [0.29, 0.717) is 28.1 Å². The van der Waals surface area contributed by atoms with Gasteiger partial charge in [0.15, 0.2) is 11.5 Å². The first-order valence-electron chi connectivity index (χ1n) is 12.9. The van der Waals surface area contributed by atoms with Crippen LogP contribution in [0.2, 0.25) is 5.02 Å². The predicted octanol–water partition coefficient (Wildman–Crippen LogP) is 4.90. The van der Waals surface area contributed by atoms with Crippen LogP contribution in [0.3, 0.4) is 0 Å². The summed E-state index contributed by atoms with van der Waals surface area (Å²) in [4.78, 5) is 32.3. The first-order chi connectivity index (χ1) is 19.2. The Kier molecular flexibility index (Phi) is 7.24. The van der Waals surface area contributed by atoms with Crippen LogP contribution < -0.4 is 0 Å². The molecule has 1 aliphatic carbocycles. The Morgan fingerprint density at radius 1 is 1.07 bits per heavy atom. The molecular weight excluding hydrogens is 572 g/mol.